The number of ether oxygens (including phenoxy) is 2. The van der Waals surface area contributed by atoms with Crippen LogP contribution in [0.15, 0.2) is 40.1 Å². The minimum Gasteiger partial charge on any atom is -0.454 e. The fourth-order valence-corrected chi connectivity index (χ4v) is 5.20. The molecule has 0 fully saturated rings. The SMILES string of the molecule is CNCCCCn1c(Sc2cc3c(cc2-c2nccs2)OCO3)nc2c(N)ncnc21. The molecule has 31 heavy (non-hydrogen) atoms. The highest BCUT2D eigenvalue weighted by Crippen LogP contribution is 2.45. The zero-order chi connectivity index (χ0) is 21.2. The Balaban J connectivity index is 1.57. The van der Waals surface area contributed by atoms with Crippen LogP contribution < -0.4 is 20.5 Å². The molecular weight excluding hydrogens is 434 g/mol. The number of nitrogens with zero attached hydrogens (tertiary/aromatic N) is 5. The zero-order valence-corrected chi connectivity index (χ0v) is 18.5. The number of nitrogens with two attached hydrogens (primary N) is 1. The number of imidazole rings is 1. The molecule has 0 bridgehead atoms. The summed E-state index contributed by atoms with van der Waals surface area (Å²) < 4.78 is 13.3. The molecule has 0 atom stereocenters. The van der Waals surface area contributed by atoms with E-state index in [2.05, 4.69) is 24.8 Å². The molecule has 1 aliphatic heterocycles. The van der Waals surface area contributed by atoms with Crippen LogP contribution in [0.4, 0.5) is 5.82 Å². The normalized spacial score (nSPS) is 12.7. The Hall–Kier alpha value is -2.89. The summed E-state index contributed by atoms with van der Waals surface area (Å²) in [6, 6.07) is 3.97. The highest BCUT2D eigenvalue weighted by Gasteiger charge is 2.22. The van der Waals surface area contributed by atoms with Crippen molar-refractivity contribution in [1.29, 1.82) is 0 Å². The Kier molecular flexibility index (Phi) is 5.62. The fourth-order valence-electron chi connectivity index (χ4n) is 3.41. The van der Waals surface area contributed by atoms with E-state index in [1.54, 1.807) is 29.3 Å². The van der Waals surface area contributed by atoms with Gasteiger partial charge in [-0.05, 0) is 38.6 Å². The quantitative estimate of drug-likeness (QED) is 0.386. The molecule has 3 N–H and O–H groups in total. The molecule has 0 unspecified atom stereocenters. The number of hydrogen-bond acceptors (Lipinski definition) is 10. The first-order chi connectivity index (χ1) is 15.2. The van der Waals surface area contributed by atoms with E-state index < -0.39 is 0 Å². The van der Waals surface area contributed by atoms with Crippen molar-refractivity contribution in [1.82, 2.24) is 29.8 Å². The van der Waals surface area contributed by atoms with Gasteiger partial charge in [0.2, 0.25) is 6.79 Å². The largest absolute Gasteiger partial charge is 0.454 e. The van der Waals surface area contributed by atoms with Gasteiger partial charge in [0.15, 0.2) is 33.6 Å². The summed E-state index contributed by atoms with van der Waals surface area (Å²) >= 11 is 3.13. The first-order valence-corrected chi connectivity index (χ1v) is 11.6. The van der Waals surface area contributed by atoms with Gasteiger partial charge in [-0.25, -0.2) is 19.9 Å². The number of nitrogens with one attached hydrogen (secondary N) is 1. The van der Waals surface area contributed by atoms with Crippen LogP contribution in [0.3, 0.4) is 0 Å². The summed E-state index contributed by atoms with van der Waals surface area (Å²) in [4.78, 5) is 18.8. The van der Waals surface area contributed by atoms with Gasteiger partial charge in [0.25, 0.3) is 0 Å². The molecule has 0 amide bonds. The predicted octanol–water partition coefficient (Wildman–Crippen LogP) is 3.41. The minimum atomic E-state index is 0.219. The number of fused-ring (bicyclic) bond motifs is 2. The molecule has 11 heteroatoms. The number of aryl methyl sites for hydroxylation is 1. The van der Waals surface area contributed by atoms with Gasteiger partial charge in [-0.15, -0.1) is 11.3 Å². The van der Waals surface area contributed by atoms with E-state index in [1.165, 1.54) is 6.33 Å². The third kappa shape index (κ3) is 3.91. The summed E-state index contributed by atoms with van der Waals surface area (Å²) in [5.41, 5.74) is 8.45. The first kappa shape index (κ1) is 20.0. The summed E-state index contributed by atoms with van der Waals surface area (Å²) in [5, 5.41) is 6.87. The van der Waals surface area contributed by atoms with E-state index in [0.717, 1.165) is 63.7 Å². The van der Waals surface area contributed by atoms with Crippen molar-refractivity contribution >= 4 is 40.1 Å². The van der Waals surface area contributed by atoms with Crippen LogP contribution in [0.1, 0.15) is 12.8 Å². The van der Waals surface area contributed by atoms with Gasteiger partial charge in [0.05, 0.1) is 0 Å². The topological polar surface area (TPSA) is 113 Å². The Bertz CT molecular complexity index is 1210. The van der Waals surface area contributed by atoms with E-state index >= 15 is 0 Å². The third-order valence-corrected chi connectivity index (χ3v) is 6.78. The van der Waals surface area contributed by atoms with Gasteiger partial charge in [-0.1, -0.05) is 11.8 Å². The van der Waals surface area contributed by atoms with E-state index in [9.17, 15) is 0 Å². The molecule has 0 saturated heterocycles. The van der Waals surface area contributed by atoms with Crippen LogP contribution in [0, 0.1) is 0 Å². The molecule has 4 aromatic rings. The van der Waals surface area contributed by atoms with Crippen molar-refractivity contribution in [2.45, 2.75) is 29.4 Å². The van der Waals surface area contributed by atoms with Gasteiger partial charge < -0.3 is 25.1 Å². The number of benzene rings is 1. The van der Waals surface area contributed by atoms with Crippen LogP contribution in [-0.4, -0.2) is 44.9 Å². The summed E-state index contributed by atoms with van der Waals surface area (Å²) in [5.74, 6) is 1.83. The monoisotopic (exact) mass is 455 g/mol. The molecule has 4 heterocycles. The number of thiazole rings is 1. The zero-order valence-electron chi connectivity index (χ0n) is 16.9. The standard InChI is InChI=1S/C20H21N7O2S2/c1-22-4-2-3-6-27-18-16(17(21)24-10-25-18)26-20(27)31-15-9-14-13(28-11-29-14)8-12(15)19-23-5-7-30-19/h5,7-10,22H,2-4,6,11H2,1H3,(H2,21,24,25). The maximum Gasteiger partial charge on any atom is 0.231 e. The number of rotatable bonds is 8. The van der Waals surface area contributed by atoms with E-state index in [1.807, 2.05) is 24.6 Å². The van der Waals surface area contributed by atoms with Crippen molar-refractivity contribution in [3.8, 4) is 22.1 Å². The van der Waals surface area contributed by atoms with Gasteiger partial charge in [-0.3, -0.25) is 0 Å². The molecule has 0 spiro atoms. The lowest BCUT2D eigenvalue weighted by atomic mass is 10.2. The van der Waals surface area contributed by atoms with Crippen molar-refractivity contribution < 1.29 is 9.47 Å². The second-order valence-electron chi connectivity index (χ2n) is 6.93. The maximum absolute atomic E-state index is 6.10. The maximum atomic E-state index is 6.10. The molecule has 1 aromatic carbocycles. The Morgan fingerprint density at radius 3 is 2.87 bits per heavy atom. The molecule has 9 nitrogen and oxygen atoms in total. The second kappa shape index (κ2) is 8.69. The highest BCUT2D eigenvalue weighted by molar-refractivity contribution is 7.99. The fraction of sp³-hybridized carbons (Fsp3) is 0.300. The van der Waals surface area contributed by atoms with Crippen molar-refractivity contribution in [3.05, 3.63) is 30.0 Å². The lowest BCUT2D eigenvalue weighted by molar-refractivity contribution is 0.174. The van der Waals surface area contributed by atoms with Crippen LogP contribution in [0.5, 0.6) is 11.5 Å². The lowest BCUT2D eigenvalue weighted by Crippen LogP contribution is -2.09. The average Bonchev–Trinajstić information content (AvgIpc) is 3.51. The molecule has 1 aliphatic rings. The summed E-state index contributed by atoms with van der Waals surface area (Å²) in [6.07, 6.45) is 5.32. The van der Waals surface area contributed by atoms with Gasteiger partial charge in [0.1, 0.15) is 11.3 Å². The van der Waals surface area contributed by atoms with Gasteiger partial charge in [0, 0.05) is 28.6 Å². The predicted molar refractivity (Wildman–Crippen MR) is 121 cm³/mol. The number of aromatic nitrogens is 5. The van der Waals surface area contributed by atoms with Crippen LogP contribution >= 0.6 is 23.1 Å². The van der Waals surface area contributed by atoms with Crippen molar-refractivity contribution in [2.75, 3.05) is 26.1 Å². The summed E-state index contributed by atoms with van der Waals surface area (Å²) in [6.45, 7) is 1.97. The Labute approximate surface area is 187 Å². The van der Waals surface area contributed by atoms with Crippen molar-refractivity contribution in [2.24, 2.45) is 0 Å². The van der Waals surface area contributed by atoms with Gasteiger partial charge in [-0.2, -0.15) is 0 Å². The molecule has 160 valence electrons. The second-order valence-corrected chi connectivity index (χ2v) is 8.83. The van der Waals surface area contributed by atoms with Crippen LogP contribution in [-0.2, 0) is 6.54 Å². The van der Waals surface area contributed by atoms with E-state index in [0.29, 0.717) is 11.3 Å². The van der Waals surface area contributed by atoms with E-state index in [4.69, 9.17) is 20.2 Å². The summed E-state index contributed by atoms with van der Waals surface area (Å²) in [7, 11) is 1.96. The molecule has 5 rings (SSSR count). The van der Waals surface area contributed by atoms with Crippen LogP contribution in [0.25, 0.3) is 21.7 Å². The number of anilines is 1. The smallest absolute Gasteiger partial charge is 0.231 e. The van der Waals surface area contributed by atoms with E-state index in [-0.39, 0.29) is 6.79 Å². The number of nitrogen functional groups attached to an aromatic ring is 1. The highest BCUT2D eigenvalue weighted by atomic mass is 32.2. The van der Waals surface area contributed by atoms with Crippen LogP contribution in [0.2, 0.25) is 0 Å². The Morgan fingerprint density at radius 2 is 2.06 bits per heavy atom. The average molecular weight is 456 g/mol. The molecule has 3 aromatic heterocycles. The van der Waals surface area contributed by atoms with Gasteiger partial charge >= 0.3 is 0 Å². The first-order valence-electron chi connectivity index (χ1n) is 9.87. The van der Waals surface area contributed by atoms with Crippen molar-refractivity contribution in [3.63, 3.8) is 0 Å². The number of unbranched alkanes of at least 4 members (excludes halogenated alkanes) is 1. The molecule has 0 aliphatic carbocycles. The Morgan fingerprint density at radius 1 is 1.19 bits per heavy atom. The molecular formula is C20H21N7O2S2. The molecule has 0 radical (unpaired) electrons. The molecule has 0 saturated carbocycles. The lowest BCUT2D eigenvalue weighted by Gasteiger charge is -2.11. The third-order valence-electron chi connectivity index (χ3n) is 4.92. The minimum absolute atomic E-state index is 0.219. The number of hydrogen-bond donors (Lipinski definition) is 2.